The van der Waals surface area contributed by atoms with Crippen molar-refractivity contribution in [1.82, 2.24) is 5.32 Å². The van der Waals surface area contributed by atoms with Gasteiger partial charge in [-0.2, -0.15) is 0 Å². The second-order valence-corrected chi connectivity index (χ2v) is 5.90. The molecule has 0 spiro atoms. The molecule has 5 heteroatoms. The molecule has 1 saturated carbocycles. The highest BCUT2D eigenvalue weighted by Gasteiger charge is 2.15. The van der Waals surface area contributed by atoms with Gasteiger partial charge in [-0.15, -0.1) is 0 Å². The van der Waals surface area contributed by atoms with E-state index in [-0.39, 0.29) is 6.03 Å². The SMILES string of the molecule is CN(C)c1ccc(NC(=O)NC2CCCCC2)cc1Cl. The minimum atomic E-state index is -0.148. The molecule has 0 atom stereocenters. The summed E-state index contributed by atoms with van der Waals surface area (Å²) in [7, 11) is 3.87. The monoisotopic (exact) mass is 295 g/mol. The maximum atomic E-state index is 11.9. The third-order valence-corrected chi connectivity index (χ3v) is 3.93. The number of halogens is 1. The van der Waals surface area contributed by atoms with Crippen molar-refractivity contribution in [3.05, 3.63) is 23.2 Å². The van der Waals surface area contributed by atoms with E-state index in [9.17, 15) is 4.79 Å². The first-order valence-corrected chi connectivity index (χ1v) is 7.48. The molecule has 110 valence electrons. The van der Waals surface area contributed by atoms with Gasteiger partial charge < -0.3 is 15.5 Å². The fourth-order valence-corrected chi connectivity index (χ4v) is 2.90. The van der Waals surface area contributed by atoms with Crippen LogP contribution in [0, 0.1) is 0 Å². The lowest BCUT2D eigenvalue weighted by Gasteiger charge is -2.23. The van der Waals surface area contributed by atoms with Crippen molar-refractivity contribution in [3.8, 4) is 0 Å². The molecule has 0 unspecified atom stereocenters. The number of urea groups is 1. The maximum Gasteiger partial charge on any atom is 0.319 e. The number of nitrogens with zero attached hydrogens (tertiary/aromatic N) is 1. The number of hydrogen-bond acceptors (Lipinski definition) is 2. The van der Waals surface area contributed by atoms with Crippen LogP contribution in [0.5, 0.6) is 0 Å². The highest BCUT2D eigenvalue weighted by Crippen LogP contribution is 2.27. The standard InChI is InChI=1S/C15H22ClN3O/c1-19(2)14-9-8-12(10-13(14)16)18-15(20)17-11-6-4-3-5-7-11/h8-11H,3-7H2,1-2H3,(H2,17,18,20). The number of nitrogens with one attached hydrogen (secondary N) is 2. The number of benzene rings is 1. The van der Waals surface area contributed by atoms with Crippen LogP contribution >= 0.6 is 11.6 Å². The molecule has 2 amide bonds. The molecule has 1 aliphatic carbocycles. The highest BCUT2D eigenvalue weighted by molar-refractivity contribution is 6.33. The lowest BCUT2D eigenvalue weighted by Crippen LogP contribution is -2.39. The number of hydrogen-bond donors (Lipinski definition) is 2. The molecule has 0 aliphatic heterocycles. The fraction of sp³-hybridized carbons (Fsp3) is 0.533. The van der Waals surface area contributed by atoms with Gasteiger partial charge in [0.05, 0.1) is 10.7 Å². The second kappa shape index (κ2) is 6.84. The molecule has 2 N–H and O–H groups in total. The molecule has 1 aromatic rings. The van der Waals surface area contributed by atoms with E-state index in [0.29, 0.717) is 16.8 Å². The summed E-state index contributed by atoms with van der Waals surface area (Å²) < 4.78 is 0. The van der Waals surface area contributed by atoms with E-state index in [4.69, 9.17) is 11.6 Å². The zero-order valence-electron chi connectivity index (χ0n) is 12.1. The molecular weight excluding hydrogens is 274 g/mol. The normalized spacial score (nSPS) is 15.8. The molecule has 0 aromatic heterocycles. The summed E-state index contributed by atoms with van der Waals surface area (Å²) in [5, 5.41) is 6.49. The smallest absolute Gasteiger partial charge is 0.319 e. The summed E-state index contributed by atoms with van der Waals surface area (Å²) in [5.41, 5.74) is 1.65. The fourth-order valence-electron chi connectivity index (χ4n) is 2.55. The van der Waals surface area contributed by atoms with E-state index < -0.39 is 0 Å². The summed E-state index contributed by atoms with van der Waals surface area (Å²) in [4.78, 5) is 13.9. The van der Waals surface area contributed by atoms with Gasteiger partial charge in [-0.1, -0.05) is 30.9 Å². The number of carbonyl (C=O) groups is 1. The lowest BCUT2D eigenvalue weighted by molar-refractivity contribution is 0.244. The van der Waals surface area contributed by atoms with Crippen LogP contribution in [-0.2, 0) is 0 Å². The van der Waals surface area contributed by atoms with E-state index in [2.05, 4.69) is 10.6 Å². The second-order valence-electron chi connectivity index (χ2n) is 5.49. The van der Waals surface area contributed by atoms with Crippen LogP contribution in [0.3, 0.4) is 0 Å². The number of anilines is 2. The Morgan fingerprint density at radius 2 is 1.95 bits per heavy atom. The first kappa shape index (κ1) is 15.0. The van der Waals surface area contributed by atoms with Crippen LogP contribution in [0.2, 0.25) is 5.02 Å². The molecule has 0 bridgehead atoms. The number of amides is 2. The van der Waals surface area contributed by atoms with E-state index in [1.807, 2.05) is 31.1 Å². The van der Waals surface area contributed by atoms with E-state index in [1.165, 1.54) is 19.3 Å². The predicted octanol–water partition coefficient (Wildman–Crippen LogP) is 3.86. The van der Waals surface area contributed by atoms with Crippen molar-refractivity contribution in [3.63, 3.8) is 0 Å². The van der Waals surface area contributed by atoms with Crippen LogP contribution < -0.4 is 15.5 Å². The van der Waals surface area contributed by atoms with Gasteiger partial charge in [0, 0.05) is 25.8 Å². The molecule has 0 saturated heterocycles. The Balaban J connectivity index is 1.92. The van der Waals surface area contributed by atoms with Crippen molar-refractivity contribution in [2.24, 2.45) is 0 Å². The molecule has 0 radical (unpaired) electrons. The first-order chi connectivity index (χ1) is 9.56. The highest BCUT2D eigenvalue weighted by atomic mass is 35.5. The van der Waals surface area contributed by atoms with Gasteiger partial charge in [-0.05, 0) is 31.0 Å². The van der Waals surface area contributed by atoms with Crippen LogP contribution in [0.25, 0.3) is 0 Å². The molecule has 1 aliphatic rings. The Kier molecular flexibility index (Phi) is 5.12. The Labute approximate surface area is 125 Å². The number of carbonyl (C=O) groups excluding carboxylic acids is 1. The molecule has 1 fully saturated rings. The van der Waals surface area contributed by atoms with Gasteiger partial charge in [0.1, 0.15) is 0 Å². The summed E-state index contributed by atoms with van der Waals surface area (Å²) in [5.74, 6) is 0. The summed E-state index contributed by atoms with van der Waals surface area (Å²) in [6.45, 7) is 0. The van der Waals surface area contributed by atoms with Gasteiger partial charge in [0.15, 0.2) is 0 Å². The summed E-state index contributed by atoms with van der Waals surface area (Å²) >= 11 is 6.19. The zero-order valence-corrected chi connectivity index (χ0v) is 12.8. The topological polar surface area (TPSA) is 44.4 Å². The molecule has 4 nitrogen and oxygen atoms in total. The van der Waals surface area contributed by atoms with Crippen molar-refractivity contribution >= 4 is 29.0 Å². The van der Waals surface area contributed by atoms with Crippen LogP contribution in [-0.4, -0.2) is 26.2 Å². The van der Waals surface area contributed by atoms with Gasteiger partial charge in [-0.3, -0.25) is 0 Å². The first-order valence-electron chi connectivity index (χ1n) is 7.10. The molecule has 20 heavy (non-hydrogen) atoms. The Bertz CT molecular complexity index is 470. The van der Waals surface area contributed by atoms with Crippen molar-refractivity contribution in [2.75, 3.05) is 24.3 Å². The predicted molar refractivity (Wildman–Crippen MR) is 84.8 cm³/mol. The van der Waals surface area contributed by atoms with E-state index >= 15 is 0 Å². The van der Waals surface area contributed by atoms with Crippen molar-refractivity contribution in [2.45, 2.75) is 38.1 Å². The van der Waals surface area contributed by atoms with Gasteiger partial charge in [-0.25, -0.2) is 4.79 Å². The Hall–Kier alpha value is -1.42. The zero-order chi connectivity index (χ0) is 14.5. The average Bonchev–Trinajstić information content (AvgIpc) is 2.39. The lowest BCUT2D eigenvalue weighted by atomic mass is 9.96. The number of rotatable bonds is 3. The third-order valence-electron chi connectivity index (χ3n) is 3.63. The van der Waals surface area contributed by atoms with E-state index in [1.54, 1.807) is 6.07 Å². The van der Waals surface area contributed by atoms with Gasteiger partial charge in [0.25, 0.3) is 0 Å². The minimum absolute atomic E-state index is 0.148. The molecule has 2 rings (SSSR count). The van der Waals surface area contributed by atoms with Crippen LogP contribution in [0.1, 0.15) is 32.1 Å². The quantitative estimate of drug-likeness (QED) is 0.889. The van der Waals surface area contributed by atoms with Crippen molar-refractivity contribution in [1.29, 1.82) is 0 Å². The maximum absolute atomic E-state index is 11.9. The Morgan fingerprint density at radius 1 is 1.25 bits per heavy atom. The van der Waals surface area contributed by atoms with Crippen molar-refractivity contribution < 1.29 is 4.79 Å². The van der Waals surface area contributed by atoms with Crippen LogP contribution in [0.4, 0.5) is 16.2 Å². The minimum Gasteiger partial charge on any atom is -0.376 e. The Morgan fingerprint density at radius 3 is 2.55 bits per heavy atom. The van der Waals surface area contributed by atoms with Gasteiger partial charge >= 0.3 is 6.03 Å². The molecule has 1 aromatic carbocycles. The van der Waals surface area contributed by atoms with Crippen LogP contribution in [0.15, 0.2) is 18.2 Å². The van der Waals surface area contributed by atoms with E-state index in [0.717, 1.165) is 18.5 Å². The van der Waals surface area contributed by atoms with Gasteiger partial charge in [0.2, 0.25) is 0 Å². The summed E-state index contributed by atoms with van der Waals surface area (Å²) in [6, 6.07) is 5.70. The third kappa shape index (κ3) is 4.04. The largest absolute Gasteiger partial charge is 0.376 e. The summed E-state index contributed by atoms with van der Waals surface area (Å²) in [6.07, 6.45) is 5.84. The average molecular weight is 296 g/mol. The molecular formula is C15H22ClN3O. The molecule has 0 heterocycles.